The summed E-state index contributed by atoms with van der Waals surface area (Å²) in [6.07, 6.45) is 3.66. The average Bonchev–Trinajstić information content (AvgIpc) is 2.55. The van der Waals surface area contributed by atoms with Gasteiger partial charge in [0.05, 0.1) is 5.02 Å². The zero-order valence-electron chi connectivity index (χ0n) is 13.0. The second-order valence-corrected chi connectivity index (χ2v) is 6.60. The van der Waals surface area contributed by atoms with Crippen molar-refractivity contribution in [2.75, 3.05) is 37.6 Å². The molecule has 1 N–H and O–H groups in total. The van der Waals surface area contributed by atoms with Gasteiger partial charge in [0.25, 0.3) is 0 Å². The normalized spacial score (nSPS) is 26.1. The van der Waals surface area contributed by atoms with E-state index in [1.165, 1.54) is 0 Å². The van der Waals surface area contributed by atoms with E-state index in [1.54, 1.807) is 6.20 Å². The molecule has 2 fully saturated rings. The molecule has 0 aliphatic carbocycles. The van der Waals surface area contributed by atoms with Crippen molar-refractivity contribution in [1.82, 2.24) is 15.2 Å². The summed E-state index contributed by atoms with van der Waals surface area (Å²) in [6.45, 7) is 6.20. The number of amides is 1. The van der Waals surface area contributed by atoms with Crippen molar-refractivity contribution < 1.29 is 4.79 Å². The smallest absolute Gasteiger partial charge is 0.225 e. The molecule has 0 bridgehead atoms. The number of piperazine rings is 1. The van der Waals surface area contributed by atoms with Gasteiger partial charge in [-0.05, 0) is 38.4 Å². The summed E-state index contributed by atoms with van der Waals surface area (Å²) >= 11 is 6.20. The predicted molar refractivity (Wildman–Crippen MR) is 88.2 cm³/mol. The van der Waals surface area contributed by atoms with Gasteiger partial charge < -0.3 is 15.1 Å². The van der Waals surface area contributed by atoms with E-state index in [0.717, 1.165) is 51.4 Å². The summed E-state index contributed by atoms with van der Waals surface area (Å²) in [5.74, 6) is 1.33. The fourth-order valence-corrected chi connectivity index (χ4v) is 3.60. The molecule has 22 heavy (non-hydrogen) atoms. The van der Waals surface area contributed by atoms with Gasteiger partial charge >= 0.3 is 0 Å². The Morgan fingerprint density at radius 3 is 2.82 bits per heavy atom. The Labute approximate surface area is 136 Å². The molecule has 120 valence electrons. The van der Waals surface area contributed by atoms with Crippen LogP contribution in [0.2, 0.25) is 5.02 Å². The molecule has 6 heteroatoms. The first-order valence-electron chi connectivity index (χ1n) is 8.03. The Kier molecular flexibility index (Phi) is 4.84. The number of halogens is 1. The minimum atomic E-state index is 0.182. The quantitative estimate of drug-likeness (QED) is 0.901. The maximum Gasteiger partial charge on any atom is 0.225 e. The molecule has 2 aliphatic rings. The third kappa shape index (κ3) is 3.36. The van der Waals surface area contributed by atoms with E-state index in [1.807, 2.05) is 17.0 Å². The zero-order chi connectivity index (χ0) is 15.5. The SMILES string of the molecule is C[C@H]1C[C@@H](C(=O)N2CCN(c3ncccc3Cl)CC2)CCN1. The number of aromatic nitrogens is 1. The highest BCUT2D eigenvalue weighted by molar-refractivity contribution is 6.32. The third-order valence-corrected chi connectivity index (χ3v) is 4.90. The summed E-state index contributed by atoms with van der Waals surface area (Å²) in [7, 11) is 0. The minimum absolute atomic E-state index is 0.182. The Morgan fingerprint density at radius 2 is 2.14 bits per heavy atom. The van der Waals surface area contributed by atoms with E-state index in [2.05, 4.69) is 22.1 Å². The van der Waals surface area contributed by atoms with Gasteiger partial charge in [0.15, 0.2) is 0 Å². The van der Waals surface area contributed by atoms with Gasteiger partial charge in [0, 0.05) is 44.3 Å². The topological polar surface area (TPSA) is 48.5 Å². The second kappa shape index (κ2) is 6.84. The molecule has 0 radical (unpaired) electrons. The van der Waals surface area contributed by atoms with Crippen molar-refractivity contribution in [2.45, 2.75) is 25.8 Å². The summed E-state index contributed by atoms with van der Waals surface area (Å²) in [6, 6.07) is 4.14. The molecular formula is C16H23ClN4O. The van der Waals surface area contributed by atoms with E-state index in [4.69, 9.17) is 11.6 Å². The van der Waals surface area contributed by atoms with Crippen LogP contribution in [-0.4, -0.2) is 54.6 Å². The molecule has 2 aliphatic heterocycles. The lowest BCUT2D eigenvalue weighted by Gasteiger charge is -2.38. The third-order valence-electron chi connectivity index (χ3n) is 4.60. The number of carbonyl (C=O) groups is 1. The molecule has 1 aromatic rings. The summed E-state index contributed by atoms with van der Waals surface area (Å²) < 4.78 is 0. The van der Waals surface area contributed by atoms with Crippen LogP contribution in [0.3, 0.4) is 0 Å². The van der Waals surface area contributed by atoms with E-state index >= 15 is 0 Å². The molecule has 2 saturated heterocycles. The number of anilines is 1. The monoisotopic (exact) mass is 322 g/mol. The van der Waals surface area contributed by atoms with Crippen LogP contribution in [0.15, 0.2) is 18.3 Å². The Balaban J connectivity index is 1.57. The molecule has 3 rings (SSSR count). The lowest BCUT2D eigenvalue weighted by atomic mass is 9.92. The van der Waals surface area contributed by atoms with Crippen LogP contribution in [0.5, 0.6) is 0 Å². The highest BCUT2D eigenvalue weighted by Gasteiger charge is 2.30. The van der Waals surface area contributed by atoms with Gasteiger partial charge in [0.1, 0.15) is 5.82 Å². The highest BCUT2D eigenvalue weighted by atomic mass is 35.5. The number of piperidine rings is 1. The highest BCUT2D eigenvalue weighted by Crippen LogP contribution is 2.24. The number of pyridine rings is 1. The van der Waals surface area contributed by atoms with Crippen LogP contribution < -0.4 is 10.2 Å². The molecule has 1 amide bonds. The first kappa shape index (κ1) is 15.6. The first-order chi connectivity index (χ1) is 10.6. The molecule has 0 aromatic carbocycles. The van der Waals surface area contributed by atoms with Crippen molar-refractivity contribution in [3.8, 4) is 0 Å². The van der Waals surface area contributed by atoms with Gasteiger partial charge in [-0.15, -0.1) is 0 Å². The molecule has 0 unspecified atom stereocenters. The predicted octanol–water partition coefficient (Wildman–Crippen LogP) is 1.77. The fourth-order valence-electron chi connectivity index (χ4n) is 3.36. The zero-order valence-corrected chi connectivity index (χ0v) is 13.7. The largest absolute Gasteiger partial charge is 0.352 e. The Morgan fingerprint density at radius 1 is 1.36 bits per heavy atom. The molecular weight excluding hydrogens is 300 g/mol. The van der Waals surface area contributed by atoms with Crippen molar-refractivity contribution in [2.24, 2.45) is 5.92 Å². The van der Waals surface area contributed by atoms with E-state index in [0.29, 0.717) is 17.0 Å². The van der Waals surface area contributed by atoms with E-state index in [-0.39, 0.29) is 5.92 Å². The Hall–Kier alpha value is -1.33. The van der Waals surface area contributed by atoms with Gasteiger partial charge in [0.2, 0.25) is 5.91 Å². The van der Waals surface area contributed by atoms with Crippen LogP contribution in [-0.2, 0) is 4.79 Å². The average molecular weight is 323 g/mol. The van der Waals surface area contributed by atoms with Crippen LogP contribution in [0.4, 0.5) is 5.82 Å². The lowest BCUT2D eigenvalue weighted by Crippen LogP contribution is -2.52. The summed E-state index contributed by atoms with van der Waals surface area (Å²) in [4.78, 5) is 21.2. The molecule has 0 saturated carbocycles. The number of carbonyl (C=O) groups excluding carboxylic acids is 1. The van der Waals surface area contributed by atoms with Crippen LogP contribution >= 0.6 is 11.6 Å². The molecule has 2 atom stereocenters. The number of nitrogens with zero attached hydrogens (tertiary/aromatic N) is 3. The van der Waals surface area contributed by atoms with Crippen molar-refractivity contribution in [1.29, 1.82) is 0 Å². The fraction of sp³-hybridized carbons (Fsp3) is 0.625. The molecule has 0 spiro atoms. The Bertz CT molecular complexity index is 531. The molecule has 5 nitrogen and oxygen atoms in total. The van der Waals surface area contributed by atoms with E-state index < -0.39 is 0 Å². The maximum atomic E-state index is 12.6. The molecule has 1 aromatic heterocycles. The van der Waals surface area contributed by atoms with Crippen molar-refractivity contribution in [3.05, 3.63) is 23.4 Å². The maximum absolute atomic E-state index is 12.6. The van der Waals surface area contributed by atoms with Gasteiger partial charge in [-0.3, -0.25) is 4.79 Å². The summed E-state index contributed by atoms with van der Waals surface area (Å²) in [5, 5.41) is 4.08. The van der Waals surface area contributed by atoms with Gasteiger partial charge in [-0.1, -0.05) is 11.6 Å². The standard InChI is InChI=1S/C16H23ClN4O/c1-12-11-13(4-6-18-12)16(22)21-9-7-20(8-10-21)15-14(17)3-2-5-19-15/h2-3,5,12-13,18H,4,6-11H2,1H3/t12-,13-/m0/s1. The first-order valence-corrected chi connectivity index (χ1v) is 8.40. The number of nitrogens with one attached hydrogen (secondary N) is 1. The van der Waals surface area contributed by atoms with Crippen LogP contribution in [0.25, 0.3) is 0 Å². The van der Waals surface area contributed by atoms with E-state index in [9.17, 15) is 4.79 Å². The van der Waals surface area contributed by atoms with Crippen LogP contribution in [0.1, 0.15) is 19.8 Å². The number of hydrogen-bond acceptors (Lipinski definition) is 4. The van der Waals surface area contributed by atoms with Crippen LogP contribution in [0, 0.1) is 5.92 Å². The number of hydrogen-bond donors (Lipinski definition) is 1. The number of rotatable bonds is 2. The van der Waals surface area contributed by atoms with Gasteiger partial charge in [-0.2, -0.15) is 0 Å². The summed E-state index contributed by atoms with van der Waals surface area (Å²) in [5.41, 5.74) is 0. The second-order valence-electron chi connectivity index (χ2n) is 6.20. The van der Waals surface area contributed by atoms with Gasteiger partial charge in [-0.25, -0.2) is 4.98 Å². The minimum Gasteiger partial charge on any atom is -0.352 e. The van der Waals surface area contributed by atoms with Crippen molar-refractivity contribution in [3.63, 3.8) is 0 Å². The molecule has 3 heterocycles. The van der Waals surface area contributed by atoms with Crippen molar-refractivity contribution >= 4 is 23.3 Å². The lowest BCUT2D eigenvalue weighted by molar-refractivity contribution is -0.137.